The summed E-state index contributed by atoms with van der Waals surface area (Å²) in [5.74, 6) is 0.160. The monoisotopic (exact) mass is 308 g/mol. The summed E-state index contributed by atoms with van der Waals surface area (Å²) in [7, 11) is 0. The van der Waals surface area contributed by atoms with Crippen LogP contribution in [0.2, 0.25) is 0 Å². The van der Waals surface area contributed by atoms with Crippen molar-refractivity contribution in [3.8, 4) is 0 Å². The standard InChI is InChI=1S/C15H24N4OS/c1-3-11-14(21-17-16-11)15(20)19-10-6-8-13(19)12-7-5-9-18(12)4-2/h12-13H,3-10H2,1-2H3. The minimum Gasteiger partial charge on any atom is -0.333 e. The number of aromatic nitrogens is 2. The molecule has 0 radical (unpaired) electrons. The van der Waals surface area contributed by atoms with Gasteiger partial charge in [0.05, 0.1) is 5.69 Å². The number of likely N-dealkylation sites (N-methyl/N-ethyl adjacent to an activating group) is 1. The van der Waals surface area contributed by atoms with Crippen molar-refractivity contribution in [1.29, 1.82) is 0 Å². The molecule has 2 unspecified atom stereocenters. The average molecular weight is 308 g/mol. The normalized spacial score (nSPS) is 26.7. The van der Waals surface area contributed by atoms with Gasteiger partial charge in [-0.3, -0.25) is 9.69 Å². The van der Waals surface area contributed by atoms with Crippen molar-refractivity contribution in [2.45, 2.75) is 58.0 Å². The van der Waals surface area contributed by atoms with E-state index in [2.05, 4.69) is 26.3 Å². The van der Waals surface area contributed by atoms with E-state index in [-0.39, 0.29) is 5.91 Å². The zero-order valence-electron chi connectivity index (χ0n) is 12.9. The second-order valence-electron chi connectivity index (χ2n) is 5.95. The summed E-state index contributed by atoms with van der Waals surface area (Å²) in [4.78, 5) is 18.3. The third-order valence-corrected chi connectivity index (χ3v) is 5.67. The Morgan fingerprint density at radius 3 is 2.76 bits per heavy atom. The molecule has 0 saturated carbocycles. The number of hydrogen-bond donors (Lipinski definition) is 0. The van der Waals surface area contributed by atoms with Crippen molar-refractivity contribution in [1.82, 2.24) is 19.4 Å². The first-order chi connectivity index (χ1) is 10.3. The molecule has 2 atom stereocenters. The molecule has 1 aromatic rings. The Morgan fingerprint density at radius 1 is 1.24 bits per heavy atom. The molecule has 0 bridgehead atoms. The Hall–Kier alpha value is -1.01. The Kier molecular flexibility index (Phi) is 4.54. The lowest BCUT2D eigenvalue weighted by Crippen LogP contribution is -2.48. The maximum Gasteiger partial charge on any atom is 0.267 e. The maximum atomic E-state index is 12.9. The van der Waals surface area contributed by atoms with Crippen LogP contribution in [0, 0.1) is 0 Å². The van der Waals surface area contributed by atoms with E-state index in [9.17, 15) is 4.79 Å². The van der Waals surface area contributed by atoms with E-state index in [1.807, 2.05) is 6.92 Å². The lowest BCUT2D eigenvalue weighted by atomic mass is 10.0. The van der Waals surface area contributed by atoms with Crippen LogP contribution in [0.3, 0.4) is 0 Å². The van der Waals surface area contributed by atoms with Gasteiger partial charge in [-0.05, 0) is 56.7 Å². The van der Waals surface area contributed by atoms with E-state index < -0.39 is 0 Å². The smallest absolute Gasteiger partial charge is 0.267 e. The van der Waals surface area contributed by atoms with Crippen molar-refractivity contribution in [3.05, 3.63) is 10.6 Å². The molecule has 1 aromatic heterocycles. The van der Waals surface area contributed by atoms with Gasteiger partial charge in [-0.15, -0.1) is 5.10 Å². The summed E-state index contributed by atoms with van der Waals surface area (Å²) in [6, 6.07) is 0.930. The van der Waals surface area contributed by atoms with Crippen LogP contribution in [0.25, 0.3) is 0 Å². The van der Waals surface area contributed by atoms with Crippen LogP contribution in [0.4, 0.5) is 0 Å². The van der Waals surface area contributed by atoms with E-state index in [0.29, 0.717) is 12.1 Å². The molecule has 21 heavy (non-hydrogen) atoms. The quantitative estimate of drug-likeness (QED) is 0.855. The molecule has 2 fully saturated rings. The highest BCUT2D eigenvalue weighted by Crippen LogP contribution is 2.31. The maximum absolute atomic E-state index is 12.9. The van der Waals surface area contributed by atoms with Crippen molar-refractivity contribution >= 4 is 17.4 Å². The first kappa shape index (κ1) is 14.9. The zero-order chi connectivity index (χ0) is 14.8. The molecule has 3 rings (SSSR count). The average Bonchev–Trinajstić information content (AvgIpc) is 3.23. The Balaban J connectivity index is 1.79. The minimum absolute atomic E-state index is 0.160. The minimum atomic E-state index is 0.160. The first-order valence-corrected chi connectivity index (χ1v) is 8.89. The summed E-state index contributed by atoms with van der Waals surface area (Å²) >= 11 is 1.25. The van der Waals surface area contributed by atoms with E-state index in [0.717, 1.165) is 42.9 Å². The van der Waals surface area contributed by atoms with Crippen LogP contribution in [0.1, 0.15) is 54.9 Å². The molecule has 5 nitrogen and oxygen atoms in total. The van der Waals surface area contributed by atoms with E-state index >= 15 is 0 Å². The fraction of sp³-hybridized carbons (Fsp3) is 0.800. The number of nitrogens with zero attached hydrogens (tertiary/aromatic N) is 4. The predicted molar refractivity (Wildman–Crippen MR) is 83.6 cm³/mol. The highest BCUT2D eigenvalue weighted by atomic mass is 32.1. The number of aryl methyl sites for hydroxylation is 1. The van der Waals surface area contributed by atoms with Crippen molar-refractivity contribution in [3.63, 3.8) is 0 Å². The van der Waals surface area contributed by atoms with Gasteiger partial charge in [0.25, 0.3) is 5.91 Å². The number of carbonyl (C=O) groups excluding carboxylic acids is 1. The predicted octanol–water partition coefficient (Wildman–Crippen LogP) is 2.19. The fourth-order valence-electron chi connectivity index (χ4n) is 3.86. The summed E-state index contributed by atoms with van der Waals surface area (Å²) in [6.45, 7) is 7.42. The molecule has 3 heterocycles. The third-order valence-electron chi connectivity index (χ3n) is 4.91. The molecule has 116 valence electrons. The molecule has 1 amide bonds. The summed E-state index contributed by atoms with van der Waals surface area (Å²) < 4.78 is 3.97. The van der Waals surface area contributed by atoms with E-state index in [4.69, 9.17) is 0 Å². The van der Waals surface area contributed by atoms with Gasteiger partial charge in [-0.1, -0.05) is 18.3 Å². The summed E-state index contributed by atoms with van der Waals surface area (Å²) in [5.41, 5.74) is 0.856. The van der Waals surface area contributed by atoms with Gasteiger partial charge in [0.1, 0.15) is 4.88 Å². The summed E-state index contributed by atoms with van der Waals surface area (Å²) in [5, 5.41) is 4.09. The highest BCUT2D eigenvalue weighted by Gasteiger charge is 2.40. The molecule has 0 aliphatic carbocycles. The van der Waals surface area contributed by atoms with Crippen molar-refractivity contribution in [2.24, 2.45) is 0 Å². The summed E-state index contributed by atoms with van der Waals surface area (Å²) in [6.07, 6.45) is 5.53. The number of rotatable bonds is 4. The van der Waals surface area contributed by atoms with Crippen LogP contribution in [-0.2, 0) is 6.42 Å². The number of hydrogen-bond acceptors (Lipinski definition) is 5. The fourth-order valence-corrected chi connectivity index (χ4v) is 4.56. The van der Waals surface area contributed by atoms with Gasteiger partial charge in [0.15, 0.2) is 0 Å². The van der Waals surface area contributed by atoms with Gasteiger partial charge in [-0.25, -0.2) is 0 Å². The Labute approximate surface area is 130 Å². The highest BCUT2D eigenvalue weighted by molar-refractivity contribution is 7.08. The molecule has 2 saturated heterocycles. The molecular formula is C15H24N4OS. The van der Waals surface area contributed by atoms with Gasteiger partial charge in [0.2, 0.25) is 0 Å². The Bertz CT molecular complexity index is 504. The number of likely N-dealkylation sites (tertiary alicyclic amines) is 2. The third kappa shape index (κ3) is 2.71. The van der Waals surface area contributed by atoms with E-state index in [1.165, 1.54) is 30.9 Å². The van der Waals surface area contributed by atoms with Crippen LogP contribution in [0.15, 0.2) is 0 Å². The molecular weight excluding hydrogens is 284 g/mol. The van der Waals surface area contributed by atoms with Gasteiger partial charge < -0.3 is 4.90 Å². The van der Waals surface area contributed by atoms with Crippen LogP contribution in [0.5, 0.6) is 0 Å². The molecule has 0 N–H and O–H groups in total. The first-order valence-electron chi connectivity index (χ1n) is 8.12. The number of carbonyl (C=O) groups is 1. The lowest BCUT2D eigenvalue weighted by Gasteiger charge is -2.34. The van der Waals surface area contributed by atoms with Gasteiger partial charge >= 0.3 is 0 Å². The van der Waals surface area contributed by atoms with Crippen LogP contribution in [-0.4, -0.2) is 57.0 Å². The molecule has 6 heteroatoms. The Morgan fingerprint density at radius 2 is 2.00 bits per heavy atom. The SMILES string of the molecule is CCc1nnsc1C(=O)N1CCCC1C1CCCN1CC. The van der Waals surface area contributed by atoms with E-state index in [1.54, 1.807) is 0 Å². The molecule has 2 aliphatic heterocycles. The van der Waals surface area contributed by atoms with Crippen LogP contribution < -0.4 is 0 Å². The molecule has 0 spiro atoms. The largest absolute Gasteiger partial charge is 0.333 e. The second kappa shape index (κ2) is 6.40. The van der Waals surface area contributed by atoms with Gasteiger partial charge in [0, 0.05) is 18.6 Å². The second-order valence-corrected chi connectivity index (χ2v) is 6.70. The molecule has 0 aromatic carbocycles. The number of amides is 1. The van der Waals surface area contributed by atoms with Crippen molar-refractivity contribution < 1.29 is 4.79 Å². The lowest BCUT2D eigenvalue weighted by molar-refractivity contribution is 0.0653. The zero-order valence-corrected chi connectivity index (χ0v) is 13.7. The van der Waals surface area contributed by atoms with Gasteiger partial charge in [-0.2, -0.15) is 0 Å². The van der Waals surface area contributed by atoms with Crippen molar-refractivity contribution in [2.75, 3.05) is 19.6 Å². The topological polar surface area (TPSA) is 49.3 Å². The molecule has 2 aliphatic rings. The van der Waals surface area contributed by atoms with Crippen LogP contribution >= 0.6 is 11.5 Å².